The van der Waals surface area contributed by atoms with Crippen LogP contribution in [0.1, 0.15) is 38.7 Å². The first kappa shape index (κ1) is 20.6. The van der Waals surface area contributed by atoms with Crippen LogP contribution >= 0.6 is 0 Å². The second-order valence-electron chi connectivity index (χ2n) is 7.27. The monoisotopic (exact) mass is 396 g/mol. The van der Waals surface area contributed by atoms with Crippen LogP contribution in [0.15, 0.2) is 53.3 Å². The number of ether oxygens (including phenoxy) is 1. The topological polar surface area (TPSA) is 60.3 Å². The molecular formula is C23H25FN2O3. The molecule has 0 saturated carbocycles. The maximum absolute atomic E-state index is 13.2. The number of nitrogens with one attached hydrogen (secondary N) is 1. The van der Waals surface area contributed by atoms with E-state index in [0.29, 0.717) is 18.0 Å². The number of hydrogen-bond donors (Lipinski definition) is 1. The van der Waals surface area contributed by atoms with Crippen LogP contribution in [-0.2, 0) is 11.3 Å². The Hall–Kier alpha value is -3.15. The van der Waals surface area contributed by atoms with Gasteiger partial charge in [-0.25, -0.2) is 4.39 Å². The molecule has 0 spiro atoms. The lowest BCUT2D eigenvalue weighted by Crippen LogP contribution is -2.22. The number of hydrogen-bond acceptors (Lipinski definition) is 3. The third-order valence-corrected chi connectivity index (χ3v) is 4.66. The van der Waals surface area contributed by atoms with Gasteiger partial charge < -0.3 is 14.6 Å². The minimum Gasteiger partial charge on any atom is -0.484 e. The van der Waals surface area contributed by atoms with Gasteiger partial charge in [0.1, 0.15) is 11.6 Å². The van der Waals surface area contributed by atoms with Gasteiger partial charge in [-0.2, -0.15) is 0 Å². The first-order chi connectivity index (χ1) is 13.9. The van der Waals surface area contributed by atoms with E-state index in [1.165, 1.54) is 18.2 Å². The highest BCUT2D eigenvalue weighted by Gasteiger charge is 2.13. The summed E-state index contributed by atoms with van der Waals surface area (Å²) in [5, 5.41) is 3.60. The van der Waals surface area contributed by atoms with E-state index in [0.717, 1.165) is 22.9 Å². The van der Waals surface area contributed by atoms with Gasteiger partial charge in [-0.05, 0) is 48.2 Å². The zero-order valence-corrected chi connectivity index (χ0v) is 16.9. The Bertz CT molecular complexity index is 1090. The van der Waals surface area contributed by atoms with Gasteiger partial charge in [0.2, 0.25) is 0 Å². The lowest BCUT2D eigenvalue weighted by Gasteiger charge is -2.16. The van der Waals surface area contributed by atoms with E-state index >= 15 is 0 Å². The van der Waals surface area contributed by atoms with Crippen molar-refractivity contribution in [1.82, 2.24) is 4.57 Å². The van der Waals surface area contributed by atoms with E-state index in [2.05, 4.69) is 19.2 Å². The van der Waals surface area contributed by atoms with Gasteiger partial charge in [-0.15, -0.1) is 0 Å². The third kappa shape index (κ3) is 4.83. The van der Waals surface area contributed by atoms with E-state index in [4.69, 9.17) is 4.74 Å². The molecule has 1 N–H and O–H groups in total. The molecule has 2 aromatic carbocycles. The third-order valence-electron chi connectivity index (χ3n) is 4.66. The van der Waals surface area contributed by atoms with Crippen molar-refractivity contribution in [3.63, 3.8) is 0 Å². The molecule has 3 aromatic rings. The number of carbonyl (C=O) groups excluding carboxylic acids is 1. The Labute approximate surface area is 169 Å². The number of benzene rings is 2. The molecule has 152 valence electrons. The van der Waals surface area contributed by atoms with Crippen molar-refractivity contribution >= 4 is 22.5 Å². The summed E-state index contributed by atoms with van der Waals surface area (Å²) < 4.78 is 20.6. The second-order valence-corrected chi connectivity index (χ2v) is 7.27. The average molecular weight is 396 g/mol. The summed E-state index contributed by atoms with van der Waals surface area (Å²) in [6, 6.07) is 12.9. The molecule has 0 saturated heterocycles. The predicted molar refractivity (Wildman–Crippen MR) is 113 cm³/mol. The average Bonchev–Trinajstić information content (AvgIpc) is 2.68. The summed E-state index contributed by atoms with van der Waals surface area (Å²) in [5.41, 5.74) is 2.12. The number of nitrogens with zero attached hydrogens (tertiary/aromatic N) is 1. The summed E-state index contributed by atoms with van der Waals surface area (Å²) in [6.45, 7) is 6.52. The minimum absolute atomic E-state index is 0.0379. The number of rotatable bonds is 7. The largest absolute Gasteiger partial charge is 0.484 e. The number of amides is 1. The Morgan fingerprint density at radius 1 is 1.17 bits per heavy atom. The van der Waals surface area contributed by atoms with Crippen molar-refractivity contribution < 1.29 is 13.9 Å². The highest BCUT2D eigenvalue weighted by molar-refractivity contribution is 5.92. The summed E-state index contributed by atoms with van der Waals surface area (Å²) in [6.07, 6.45) is 0.831. The molecule has 0 atom stereocenters. The molecule has 0 aliphatic carbocycles. The van der Waals surface area contributed by atoms with Crippen LogP contribution in [0.5, 0.6) is 5.75 Å². The van der Waals surface area contributed by atoms with Crippen molar-refractivity contribution in [3.05, 3.63) is 70.3 Å². The molecule has 0 radical (unpaired) electrons. The molecule has 29 heavy (non-hydrogen) atoms. The minimum atomic E-state index is -0.423. The number of halogens is 1. The van der Waals surface area contributed by atoms with Gasteiger partial charge in [-0.1, -0.05) is 26.8 Å². The highest BCUT2D eigenvalue weighted by atomic mass is 19.1. The molecule has 5 nitrogen and oxygen atoms in total. The Morgan fingerprint density at radius 2 is 1.97 bits per heavy atom. The predicted octanol–water partition coefficient (Wildman–Crippen LogP) is 4.69. The zero-order valence-electron chi connectivity index (χ0n) is 16.9. The Kier molecular flexibility index (Phi) is 6.32. The molecule has 0 bridgehead atoms. The fourth-order valence-electron chi connectivity index (χ4n) is 3.32. The van der Waals surface area contributed by atoms with E-state index in [1.54, 1.807) is 28.8 Å². The molecule has 3 rings (SSSR count). The number of fused-ring (bicyclic) bond motifs is 1. The molecule has 0 aliphatic rings. The summed E-state index contributed by atoms with van der Waals surface area (Å²) in [4.78, 5) is 24.7. The van der Waals surface area contributed by atoms with Crippen LogP contribution in [-0.4, -0.2) is 17.1 Å². The molecule has 0 unspecified atom stereocenters. The van der Waals surface area contributed by atoms with Crippen molar-refractivity contribution in [2.45, 2.75) is 39.7 Å². The number of anilines is 1. The van der Waals surface area contributed by atoms with Crippen LogP contribution in [0.2, 0.25) is 0 Å². The van der Waals surface area contributed by atoms with Crippen LogP contribution in [0.25, 0.3) is 10.9 Å². The van der Waals surface area contributed by atoms with Crippen molar-refractivity contribution in [2.24, 2.45) is 0 Å². The summed E-state index contributed by atoms with van der Waals surface area (Å²) in [5.74, 6) is -0.104. The molecule has 1 heterocycles. The zero-order chi connectivity index (χ0) is 21.0. The Morgan fingerprint density at radius 3 is 2.66 bits per heavy atom. The number of aryl methyl sites for hydroxylation is 1. The van der Waals surface area contributed by atoms with Crippen molar-refractivity contribution in [1.29, 1.82) is 0 Å². The van der Waals surface area contributed by atoms with E-state index in [-0.39, 0.29) is 18.1 Å². The highest BCUT2D eigenvalue weighted by Crippen LogP contribution is 2.27. The molecular weight excluding hydrogens is 371 g/mol. The van der Waals surface area contributed by atoms with Crippen LogP contribution in [0, 0.1) is 5.82 Å². The van der Waals surface area contributed by atoms with Gasteiger partial charge >= 0.3 is 0 Å². The molecule has 6 heteroatoms. The molecule has 0 aliphatic heterocycles. The Balaban J connectivity index is 1.84. The smallest absolute Gasteiger partial charge is 0.262 e. The number of pyridine rings is 1. The number of carbonyl (C=O) groups is 1. The van der Waals surface area contributed by atoms with Crippen molar-refractivity contribution in [2.75, 3.05) is 11.9 Å². The first-order valence-corrected chi connectivity index (χ1v) is 9.74. The van der Waals surface area contributed by atoms with Crippen LogP contribution in [0.4, 0.5) is 10.1 Å². The standard InChI is InChI=1S/C23H25FN2O3/c1-4-10-26-21-12-18(8-9-19(21)20(15(2)3)13-23(26)28)29-14-22(27)25-17-7-5-6-16(24)11-17/h5-9,11-13,15H,4,10,14H2,1-3H3,(H,25,27). The van der Waals surface area contributed by atoms with E-state index in [1.807, 2.05) is 13.0 Å². The van der Waals surface area contributed by atoms with Crippen LogP contribution < -0.4 is 15.6 Å². The normalized spacial score (nSPS) is 11.1. The molecule has 1 aromatic heterocycles. The fourth-order valence-corrected chi connectivity index (χ4v) is 3.32. The van der Waals surface area contributed by atoms with Crippen molar-refractivity contribution in [3.8, 4) is 5.75 Å². The molecule has 0 fully saturated rings. The van der Waals surface area contributed by atoms with Gasteiger partial charge in [0.05, 0.1) is 5.52 Å². The first-order valence-electron chi connectivity index (χ1n) is 9.74. The SMILES string of the molecule is CCCn1c(=O)cc(C(C)C)c2ccc(OCC(=O)Nc3cccc(F)c3)cc21. The van der Waals surface area contributed by atoms with Gasteiger partial charge in [0.25, 0.3) is 11.5 Å². The maximum atomic E-state index is 13.2. The maximum Gasteiger partial charge on any atom is 0.262 e. The van der Waals surface area contributed by atoms with Gasteiger partial charge in [-0.3, -0.25) is 9.59 Å². The van der Waals surface area contributed by atoms with Gasteiger partial charge in [0, 0.05) is 29.8 Å². The molecule has 1 amide bonds. The van der Waals surface area contributed by atoms with Gasteiger partial charge in [0.15, 0.2) is 6.61 Å². The van der Waals surface area contributed by atoms with E-state index < -0.39 is 11.7 Å². The summed E-state index contributed by atoms with van der Waals surface area (Å²) >= 11 is 0. The second kappa shape index (κ2) is 8.90. The quantitative estimate of drug-likeness (QED) is 0.630. The lowest BCUT2D eigenvalue weighted by molar-refractivity contribution is -0.118. The number of aromatic nitrogens is 1. The lowest BCUT2D eigenvalue weighted by atomic mass is 9.98. The van der Waals surface area contributed by atoms with E-state index in [9.17, 15) is 14.0 Å². The van der Waals surface area contributed by atoms with Crippen LogP contribution in [0.3, 0.4) is 0 Å². The summed E-state index contributed by atoms with van der Waals surface area (Å²) in [7, 11) is 0. The fraction of sp³-hybridized carbons (Fsp3) is 0.304.